The largest absolute Gasteiger partial charge is 0.265 e. The molecule has 0 spiro atoms. The third kappa shape index (κ3) is 7.11. The number of nitrogens with one attached hydrogen (secondary N) is 1. The molecule has 26 heavy (non-hydrogen) atoms. The van der Waals surface area contributed by atoms with Crippen LogP contribution in [-0.2, 0) is 24.3 Å². The molecule has 0 saturated heterocycles. The predicted molar refractivity (Wildman–Crippen MR) is 107 cm³/mol. The van der Waals surface area contributed by atoms with Crippen molar-refractivity contribution in [2.75, 3.05) is 12.9 Å². The number of benzene rings is 1. The van der Waals surface area contributed by atoms with Crippen LogP contribution in [0.1, 0.15) is 30.5 Å². The summed E-state index contributed by atoms with van der Waals surface area (Å²) in [5, 5.41) is 0. The Hall–Kier alpha value is -0.740. The van der Waals surface area contributed by atoms with Crippen LogP contribution < -0.4 is 4.72 Å². The molecule has 1 rings (SSSR count). The molecule has 9 heteroatoms. The number of aryl methyl sites for hydroxylation is 3. The standard InChI is InChI=1S/C17H26BrNO5S2/c1-11(2)16(9-15(18)10-24-25(6,20)21)19-26(22,23)17-13(4)7-12(3)8-14(17)5/h7-9,11,16,19H,10H2,1-6H3/b15-9+/t16-/m1/s1. The number of rotatable bonds is 8. The minimum absolute atomic E-state index is 0.0541. The third-order valence-corrected chi connectivity index (χ3v) is 6.46. The Bertz CT molecular complexity index is 867. The van der Waals surface area contributed by atoms with Gasteiger partial charge < -0.3 is 0 Å². The molecule has 148 valence electrons. The van der Waals surface area contributed by atoms with Crippen LogP contribution in [0.2, 0.25) is 0 Å². The van der Waals surface area contributed by atoms with Gasteiger partial charge in [0.15, 0.2) is 0 Å². The molecule has 0 amide bonds. The van der Waals surface area contributed by atoms with Crippen LogP contribution in [-0.4, -0.2) is 35.7 Å². The van der Waals surface area contributed by atoms with Crippen molar-refractivity contribution in [3.63, 3.8) is 0 Å². The highest BCUT2D eigenvalue weighted by atomic mass is 79.9. The molecule has 0 bridgehead atoms. The molecular weight excluding hydrogens is 442 g/mol. The van der Waals surface area contributed by atoms with Crippen molar-refractivity contribution in [3.05, 3.63) is 39.4 Å². The molecule has 0 heterocycles. The number of hydrogen-bond donors (Lipinski definition) is 1. The molecule has 0 unspecified atom stereocenters. The summed E-state index contributed by atoms with van der Waals surface area (Å²) in [5.41, 5.74) is 2.36. The van der Waals surface area contributed by atoms with Gasteiger partial charge in [0.2, 0.25) is 10.0 Å². The molecular formula is C17H26BrNO5S2. The molecule has 0 aliphatic heterocycles. The molecule has 1 aromatic rings. The monoisotopic (exact) mass is 467 g/mol. The Morgan fingerprint density at radius 2 is 1.65 bits per heavy atom. The summed E-state index contributed by atoms with van der Waals surface area (Å²) in [6.45, 7) is 9.01. The van der Waals surface area contributed by atoms with Gasteiger partial charge in [-0.05, 0) is 37.8 Å². The van der Waals surface area contributed by atoms with Gasteiger partial charge in [0.05, 0.1) is 17.8 Å². The van der Waals surface area contributed by atoms with Crippen molar-refractivity contribution in [2.45, 2.75) is 45.6 Å². The minimum atomic E-state index is -3.75. The van der Waals surface area contributed by atoms with Crippen LogP contribution in [0.5, 0.6) is 0 Å². The third-order valence-electron chi connectivity index (χ3n) is 3.65. The molecule has 0 aliphatic carbocycles. The smallest absolute Gasteiger partial charge is 0.264 e. The van der Waals surface area contributed by atoms with Gasteiger partial charge in [-0.1, -0.05) is 53.5 Å². The summed E-state index contributed by atoms with van der Waals surface area (Å²) < 4.78 is 55.9. The Balaban J connectivity index is 3.14. The van der Waals surface area contributed by atoms with E-state index in [1.807, 2.05) is 32.9 Å². The van der Waals surface area contributed by atoms with Gasteiger partial charge in [-0.25, -0.2) is 13.1 Å². The summed E-state index contributed by atoms with van der Waals surface area (Å²) in [5.74, 6) is -0.0541. The maximum absolute atomic E-state index is 12.9. The lowest BCUT2D eigenvalue weighted by Crippen LogP contribution is -2.38. The SMILES string of the molecule is Cc1cc(C)c(S(=O)(=O)N[C@H](/C=C(/Br)COS(C)(=O)=O)C(C)C)c(C)c1. The summed E-state index contributed by atoms with van der Waals surface area (Å²) in [6.07, 6.45) is 2.57. The van der Waals surface area contributed by atoms with Crippen molar-refractivity contribution < 1.29 is 21.0 Å². The zero-order valence-corrected chi connectivity index (χ0v) is 19.0. The van der Waals surface area contributed by atoms with Crippen molar-refractivity contribution in [3.8, 4) is 0 Å². The highest BCUT2D eigenvalue weighted by molar-refractivity contribution is 9.11. The quantitative estimate of drug-likeness (QED) is 0.592. The van der Waals surface area contributed by atoms with Crippen LogP contribution in [0.15, 0.2) is 27.6 Å². The molecule has 0 saturated carbocycles. The second-order valence-electron chi connectivity index (χ2n) is 6.70. The molecule has 6 nitrogen and oxygen atoms in total. The molecule has 0 aliphatic rings. The molecule has 1 aromatic carbocycles. The van der Waals surface area contributed by atoms with Gasteiger partial charge in [-0.3, -0.25) is 4.18 Å². The first-order valence-corrected chi connectivity index (χ1v) is 12.1. The highest BCUT2D eigenvalue weighted by Gasteiger charge is 2.25. The first kappa shape index (κ1) is 23.3. The zero-order chi connectivity index (χ0) is 20.3. The summed E-state index contributed by atoms with van der Waals surface area (Å²) in [4.78, 5) is 0.269. The van der Waals surface area contributed by atoms with Crippen molar-refractivity contribution >= 4 is 36.1 Å². The van der Waals surface area contributed by atoms with E-state index in [0.29, 0.717) is 15.6 Å². The maximum Gasteiger partial charge on any atom is 0.264 e. The second kappa shape index (κ2) is 8.97. The van der Waals surface area contributed by atoms with E-state index < -0.39 is 26.2 Å². The van der Waals surface area contributed by atoms with E-state index in [4.69, 9.17) is 4.18 Å². The van der Waals surface area contributed by atoms with Crippen LogP contribution in [0.4, 0.5) is 0 Å². The Morgan fingerprint density at radius 3 is 2.08 bits per heavy atom. The molecule has 1 atom stereocenters. The Kier molecular flexibility index (Phi) is 8.04. The molecule has 0 radical (unpaired) electrons. The van der Waals surface area contributed by atoms with Gasteiger partial charge in [-0.15, -0.1) is 0 Å². The van der Waals surface area contributed by atoms with Gasteiger partial charge in [0, 0.05) is 10.5 Å². The van der Waals surface area contributed by atoms with Gasteiger partial charge in [0.1, 0.15) is 0 Å². The lowest BCUT2D eigenvalue weighted by molar-refractivity contribution is 0.358. The predicted octanol–water partition coefficient (Wildman–Crippen LogP) is 3.17. The maximum atomic E-state index is 12.9. The Morgan fingerprint density at radius 1 is 1.15 bits per heavy atom. The number of halogens is 1. The van der Waals surface area contributed by atoms with Gasteiger partial charge in [0.25, 0.3) is 10.1 Å². The minimum Gasteiger partial charge on any atom is -0.265 e. The van der Waals surface area contributed by atoms with Crippen molar-refractivity contribution in [2.24, 2.45) is 5.92 Å². The van der Waals surface area contributed by atoms with Gasteiger partial charge >= 0.3 is 0 Å². The van der Waals surface area contributed by atoms with Crippen LogP contribution in [0.3, 0.4) is 0 Å². The van der Waals surface area contributed by atoms with E-state index >= 15 is 0 Å². The Labute approximate surface area is 165 Å². The summed E-state index contributed by atoms with van der Waals surface area (Å²) >= 11 is 3.24. The normalized spacial score (nSPS) is 14.7. The van der Waals surface area contributed by atoms with E-state index in [9.17, 15) is 16.8 Å². The van der Waals surface area contributed by atoms with Crippen molar-refractivity contribution in [1.82, 2.24) is 4.72 Å². The topological polar surface area (TPSA) is 89.5 Å². The average Bonchev–Trinajstić information content (AvgIpc) is 2.41. The fourth-order valence-electron chi connectivity index (χ4n) is 2.60. The molecule has 0 fully saturated rings. The first-order chi connectivity index (χ1) is 11.7. The second-order valence-corrected chi connectivity index (χ2v) is 11.0. The zero-order valence-electron chi connectivity index (χ0n) is 15.8. The molecule has 1 N–H and O–H groups in total. The lowest BCUT2D eigenvalue weighted by atomic mass is 10.1. The summed E-state index contributed by atoms with van der Waals surface area (Å²) in [6, 6.07) is 3.13. The van der Waals surface area contributed by atoms with E-state index in [1.165, 1.54) is 0 Å². The number of hydrogen-bond acceptors (Lipinski definition) is 5. The van der Waals surface area contributed by atoms with E-state index in [-0.39, 0.29) is 17.4 Å². The van der Waals surface area contributed by atoms with Crippen LogP contribution in [0.25, 0.3) is 0 Å². The lowest BCUT2D eigenvalue weighted by Gasteiger charge is -2.21. The van der Waals surface area contributed by atoms with E-state index in [2.05, 4.69) is 20.7 Å². The molecule has 0 aromatic heterocycles. The fourth-order valence-corrected chi connectivity index (χ4v) is 5.27. The average molecular weight is 468 g/mol. The fraction of sp³-hybridized carbons (Fsp3) is 0.529. The van der Waals surface area contributed by atoms with E-state index in [0.717, 1.165) is 11.8 Å². The van der Waals surface area contributed by atoms with Gasteiger partial charge in [-0.2, -0.15) is 8.42 Å². The van der Waals surface area contributed by atoms with Crippen LogP contribution in [0, 0.1) is 26.7 Å². The first-order valence-electron chi connectivity index (χ1n) is 8.03. The van der Waals surface area contributed by atoms with E-state index in [1.54, 1.807) is 19.9 Å². The van der Waals surface area contributed by atoms with Crippen molar-refractivity contribution in [1.29, 1.82) is 0 Å². The van der Waals surface area contributed by atoms with Crippen LogP contribution >= 0.6 is 15.9 Å². The summed E-state index contributed by atoms with van der Waals surface area (Å²) in [7, 11) is -7.32. The number of sulfonamides is 1. The highest BCUT2D eigenvalue weighted by Crippen LogP contribution is 2.23.